The average molecular weight is 265 g/mol. The fourth-order valence-electron chi connectivity index (χ4n) is 1.67. The van der Waals surface area contributed by atoms with Gasteiger partial charge in [0.25, 0.3) is 11.8 Å². The van der Waals surface area contributed by atoms with Crippen molar-refractivity contribution >= 4 is 11.8 Å². The first-order chi connectivity index (χ1) is 9.19. The molecule has 0 saturated carbocycles. The highest BCUT2D eigenvalue weighted by Gasteiger charge is 2.20. The van der Waals surface area contributed by atoms with Crippen LogP contribution in [0.4, 0.5) is 0 Å². The Morgan fingerprint density at radius 2 is 1.89 bits per heavy atom. The van der Waals surface area contributed by atoms with Crippen molar-refractivity contribution in [1.29, 1.82) is 0 Å². The molecule has 1 aromatic carbocycles. The van der Waals surface area contributed by atoms with Gasteiger partial charge >= 0.3 is 0 Å². The first kappa shape index (κ1) is 15.1. The van der Waals surface area contributed by atoms with Gasteiger partial charge in [0, 0.05) is 5.56 Å². The molecule has 1 rings (SSSR count). The number of hydroxylamine groups is 1. The highest BCUT2D eigenvalue weighted by Crippen LogP contribution is 2.04. The van der Waals surface area contributed by atoms with Crippen LogP contribution in [0.2, 0.25) is 0 Å². The molecule has 0 aliphatic heterocycles. The second-order valence-electron chi connectivity index (χ2n) is 4.15. The second kappa shape index (κ2) is 8.23. The molecule has 0 heterocycles. The van der Waals surface area contributed by atoms with Gasteiger partial charge in [-0.15, -0.1) is 0 Å². The summed E-state index contributed by atoms with van der Waals surface area (Å²) in [7, 11) is 0. The van der Waals surface area contributed by atoms with Crippen molar-refractivity contribution in [1.82, 2.24) is 10.8 Å². The molecule has 0 aromatic heterocycles. The predicted molar refractivity (Wildman–Crippen MR) is 70.5 cm³/mol. The molecule has 5 N–H and O–H groups in total. The van der Waals surface area contributed by atoms with E-state index in [0.29, 0.717) is 24.9 Å². The fourth-order valence-corrected chi connectivity index (χ4v) is 1.67. The van der Waals surface area contributed by atoms with E-state index in [4.69, 9.17) is 10.9 Å². The lowest BCUT2D eigenvalue weighted by molar-refractivity contribution is -0.131. The van der Waals surface area contributed by atoms with Crippen molar-refractivity contribution in [2.45, 2.75) is 25.3 Å². The molecule has 0 saturated heterocycles. The normalized spacial score (nSPS) is 11.7. The van der Waals surface area contributed by atoms with Gasteiger partial charge in [0.1, 0.15) is 6.04 Å². The highest BCUT2D eigenvalue weighted by molar-refractivity contribution is 5.97. The summed E-state index contributed by atoms with van der Waals surface area (Å²) in [6, 6.07) is 7.83. The van der Waals surface area contributed by atoms with E-state index in [1.54, 1.807) is 35.8 Å². The van der Waals surface area contributed by atoms with E-state index in [2.05, 4.69) is 5.32 Å². The minimum Gasteiger partial charge on any atom is -0.340 e. The minimum atomic E-state index is -0.760. The highest BCUT2D eigenvalue weighted by atomic mass is 16.5. The summed E-state index contributed by atoms with van der Waals surface area (Å²) in [5.41, 5.74) is 7.41. The average Bonchev–Trinajstić information content (AvgIpc) is 2.46. The zero-order valence-electron chi connectivity index (χ0n) is 10.6. The standard InChI is InChI=1S/C13H19N3O3/c14-9-5-4-8-11(13(18)16-19)15-12(17)10-6-2-1-3-7-10/h1-3,6-7,11,19H,4-5,8-9,14H2,(H,15,17)(H,16,18). The number of nitrogens with two attached hydrogens (primary N) is 1. The maximum Gasteiger partial charge on any atom is 0.265 e. The molecule has 1 aromatic rings. The maximum absolute atomic E-state index is 11.9. The monoisotopic (exact) mass is 265 g/mol. The van der Waals surface area contributed by atoms with Crippen LogP contribution in [0.25, 0.3) is 0 Å². The van der Waals surface area contributed by atoms with E-state index in [9.17, 15) is 9.59 Å². The third kappa shape index (κ3) is 5.07. The quantitative estimate of drug-likeness (QED) is 0.326. The van der Waals surface area contributed by atoms with Gasteiger partial charge in [-0.25, -0.2) is 5.48 Å². The molecular weight excluding hydrogens is 246 g/mol. The molecule has 0 aliphatic carbocycles. The zero-order chi connectivity index (χ0) is 14.1. The van der Waals surface area contributed by atoms with Gasteiger partial charge < -0.3 is 11.1 Å². The van der Waals surface area contributed by atoms with Crippen molar-refractivity contribution < 1.29 is 14.8 Å². The molecule has 0 bridgehead atoms. The summed E-state index contributed by atoms with van der Waals surface area (Å²) in [6.45, 7) is 0.528. The first-order valence-corrected chi connectivity index (χ1v) is 6.19. The van der Waals surface area contributed by atoms with Gasteiger partial charge in [-0.05, 0) is 37.9 Å². The van der Waals surface area contributed by atoms with Crippen LogP contribution < -0.4 is 16.5 Å². The maximum atomic E-state index is 11.9. The Labute approximate surface area is 111 Å². The van der Waals surface area contributed by atoms with E-state index in [-0.39, 0.29) is 5.91 Å². The molecule has 0 fully saturated rings. The van der Waals surface area contributed by atoms with E-state index in [1.165, 1.54) is 0 Å². The van der Waals surface area contributed by atoms with Gasteiger partial charge in [0.15, 0.2) is 0 Å². The number of hydrogen-bond donors (Lipinski definition) is 4. The van der Waals surface area contributed by atoms with Crippen molar-refractivity contribution in [3.8, 4) is 0 Å². The zero-order valence-corrected chi connectivity index (χ0v) is 10.6. The Balaban J connectivity index is 2.61. The number of rotatable bonds is 7. The van der Waals surface area contributed by atoms with Crippen molar-refractivity contribution in [3.63, 3.8) is 0 Å². The van der Waals surface area contributed by atoms with Crippen LogP contribution >= 0.6 is 0 Å². The lowest BCUT2D eigenvalue weighted by Gasteiger charge is -2.16. The number of amides is 2. The topological polar surface area (TPSA) is 104 Å². The summed E-state index contributed by atoms with van der Waals surface area (Å²) in [6.07, 6.45) is 1.89. The number of benzene rings is 1. The molecule has 6 heteroatoms. The van der Waals surface area contributed by atoms with E-state index in [0.717, 1.165) is 6.42 Å². The number of hydrogen-bond acceptors (Lipinski definition) is 4. The van der Waals surface area contributed by atoms with E-state index >= 15 is 0 Å². The van der Waals surface area contributed by atoms with Crippen LogP contribution in [-0.4, -0.2) is 29.6 Å². The first-order valence-electron chi connectivity index (χ1n) is 6.19. The van der Waals surface area contributed by atoms with E-state index in [1.807, 2.05) is 0 Å². The third-order valence-corrected chi connectivity index (χ3v) is 2.71. The molecule has 2 amide bonds. The van der Waals surface area contributed by atoms with Crippen LogP contribution in [0.1, 0.15) is 29.6 Å². The second-order valence-corrected chi connectivity index (χ2v) is 4.15. The lowest BCUT2D eigenvalue weighted by Crippen LogP contribution is -2.45. The Hall–Kier alpha value is -1.92. The Morgan fingerprint density at radius 3 is 2.47 bits per heavy atom. The third-order valence-electron chi connectivity index (χ3n) is 2.71. The summed E-state index contributed by atoms with van der Waals surface area (Å²) >= 11 is 0. The SMILES string of the molecule is NCCCCC(NC(=O)c1ccccc1)C(=O)NO. The van der Waals surface area contributed by atoms with E-state index < -0.39 is 11.9 Å². The molecule has 0 aliphatic rings. The number of carbonyl (C=O) groups excluding carboxylic acids is 2. The summed E-state index contributed by atoms with van der Waals surface area (Å²) < 4.78 is 0. The van der Waals surface area contributed by atoms with Crippen molar-refractivity contribution in [2.24, 2.45) is 5.73 Å². The van der Waals surface area contributed by atoms with Gasteiger partial charge in [0.2, 0.25) is 0 Å². The molecule has 0 radical (unpaired) electrons. The predicted octanol–water partition coefficient (Wildman–Crippen LogP) is 0.419. The number of unbranched alkanes of at least 4 members (excludes halogenated alkanes) is 1. The Bertz CT molecular complexity index is 409. The molecule has 1 unspecified atom stereocenters. The summed E-state index contributed by atoms with van der Waals surface area (Å²) in [5, 5.41) is 11.3. The Kier molecular flexibility index (Phi) is 6.56. The van der Waals surface area contributed by atoms with Gasteiger partial charge in [-0.2, -0.15) is 0 Å². The largest absolute Gasteiger partial charge is 0.340 e. The smallest absolute Gasteiger partial charge is 0.265 e. The lowest BCUT2D eigenvalue weighted by atomic mass is 10.1. The summed E-state index contributed by atoms with van der Waals surface area (Å²) in [4.78, 5) is 23.4. The number of nitrogens with one attached hydrogen (secondary N) is 2. The van der Waals surface area contributed by atoms with Crippen LogP contribution in [0.15, 0.2) is 30.3 Å². The van der Waals surface area contributed by atoms with Gasteiger partial charge in [0.05, 0.1) is 0 Å². The minimum absolute atomic E-state index is 0.345. The van der Waals surface area contributed by atoms with Crippen LogP contribution in [0.5, 0.6) is 0 Å². The molecule has 6 nitrogen and oxygen atoms in total. The van der Waals surface area contributed by atoms with Crippen molar-refractivity contribution in [2.75, 3.05) is 6.54 Å². The molecule has 1 atom stereocenters. The summed E-state index contributed by atoms with van der Waals surface area (Å²) in [5.74, 6) is -0.969. The van der Waals surface area contributed by atoms with Crippen LogP contribution in [-0.2, 0) is 4.79 Å². The number of carbonyl (C=O) groups is 2. The molecule has 0 spiro atoms. The Morgan fingerprint density at radius 1 is 1.21 bits per heavy atom. The van der Waals surface area contributed by atoms with Crippen LogP contribution in [0, 0.1) is 0 Å². The van der Waals surface area contributed by atoms with Gasteiger partial charge in [-0.1, -0.05) is 18.2 Å². The molecule has 19 heavy (non-hydrogen) atoms. The molecule has 104 valence electrons. The van der Waals surface area contributed by atoms with Gasteiger partial charge in [-0.3, -0.25) is 14.8 Å². The molecular formula is C13H19N3O3. The fraction of sp³-hybridized carbons (Fsp3) is 0.385. The van der Waals surface area contributed by atoms with Crippen molar-refractivity contribution in [3.05, 3.63) is 35.9 Å². The van der Waals surface area contributed by atoms with Crippen LogP contribution in [0.3, 0.4) is 0 Å².